The molecule has 0 heterocycles. The molecule has 0 aliphatic carbocycles. The molecule has 0 spiro atoms. The first-order valence-electron chi connectivity index (χ1n) is 7.37. The van der Waals surface area contributed by atoms with Crippen LogP contribution in [0.5, 0.6) is 17.2 Å². The Morgan fingerprint density at radius 1 is 1.08 bits per heavy atom. The molecule has 2 aromatic carbocycles. The number of ketones is 1. The molecule has 0 saturated heterocycles. The summed E-state index contributed by atoms with van der Waals surface area (Å²) in [4.78, 5) is 12.3. The molecular weight excluding hydrogens is 372 g/mol. The van der Waals surface area contributed by atoms with Crippen molar-refractivity contribution in [3.63, 3.8) is 0 Å². The van der Waals surface area contributed by atoms with Crippen molar-refractivity contribution in [1.29, 1.82) is 0 Å². The molecule has 0 aliphatic heterocycles. The molecule has 2 aromatic rings. The summed E-state index contributed by atoms with van der Waals surface area (Å²) in [5.41, 5.74) is 1.40. The van der Waals surface area contributed by atoms with E-state index in [1.54, 1.807) is 44.6 Å². The lowest BCUT2D eigenvalue weighted by atomic mass is 10.1. The standard InChI is InChI=1S/C19H19BrO4/c1-4-5-15-17(10-11-18(22-2)19(15)23-3)24-12-16(21)13-6-8-14(20)9-7-13/h4,6-11H,1,5,12H2,2-3H3. The Balaban J connectivity index is 2.21. The van der Waals surface area contributed by atoms with E-state index in [1.165, 1.54) is 0 Å². The van der Waals surface area contributed by atoms with E-state index >= 15 is 0 Å². The molecule has 2 rings (SSSR count). The summed E-state index contributed by atoms with van der Waals surface area (Å²) in [6, 6.07) is 10.7. The van der Waals surface area contributed by atoms with Crippen molar-refractivity contribution in [3.8, 4) is 17.2 Å². The van der Waals surface area contributed by atoms with Gasteiger partial charge in [0, 0.05) is 15.6 Å². The third kappa shape index (κ3) is 4.17. The molecule has 0 unspecified atom stereocenters. The maximum atomic E-state index is 12.3. The summed E-state index contributed by atoms with van der Waals surface area (Å²) in [6.07, 6.45) is 2.29. The van der Waals surface area contributed by atoms with E-state index in [1.807, 2.05) is 12.1 Å². The summed E-state index contributed by atoms with van der Waals surface area (Å²) in [6.45, 7) is 3.70. The minimum absolute atomic E-state index is 0.0543. The quantitative estimate of drug-likeness (QED) is 0.493. The monoisotopic (exact) mass is 390 g/mol. The number of hydrogen-bond donors (Lipinski definition) is 0. The summed E-state index contributed by atoms with van der Waals surface area (Å²) in [5.74, 6) is 1.69. The number of Topliss-reactive ketones (excluding diaryl/α,β-unsaturated/α-hetero) is 1. The predicted octanol–water partition coefficient (Wildman–Crippen LogP) is 4.46. The molecule has 0 radical (unpaired) electrons. The number of methoxy groups -OCH3 is 2. The highest BCUT2D eigenvalue weighted by Gasteiger charge is 2.16. The summed E-state index contributed by atoms with van der Waals surface area (Å²) < 4.78 is 17.4. The second kappa shape index (κ2) is 8.55. The minimum Gasteiger partial charge on any atom is -0.493 e. The van der Waals surface area contributed by atoms with E-state index in [4.69, 9.17) is 14.2 Å². The van der Waals surface area contributed by atoms with Gasteiger partial charge >= 0.3 is 0 Å². The van der Waals surface area contributed by atoms with Crippen LogP contribution >= 0.6 is 15.9 Å². The fourth-order valence-electron chi connectivity index (χ4n) is 2.31. The predicted molar refractivity (Wildman–Crippen MR) is 97.4 cm³/mol. The Morgan fingerprint density at radius 3 is 2.33 bits per heavy atom. The maximum Gasteiger partial charge on any atom is 0.200 e. The largest absolute Gasteiger partial charge is 0.493 e. The van der Waals surface area contributed by atoms with E-state index in [2.05, 4.69) is 22.5 Å². The molecule has 4 nitrogen and oxygen atoms in total. The molecule has 0 saturated carbocycles. The number of halogens is 1. The summed E-state index contributed by atoms with van der Waals surface area (Å²) in [7, 11) is 3.15. The number of carbonyl (C=O) groups is 1. The van der Waals surface area contributed by atoms with Gasteiger partial charge < -0.3 is 14.2 Å². The molecule has 0 aliphatic rings. The normalized spacial score (nSPS) is 10.1. The van der Waals surface area contributed by atoms with Crippen LogP contribution in [0, 0.1) is 0 Å². The molecule has 5 heteroatoms. The molecule has 0 aromatic heterocycles. The molecule has 126 valence electrons. The van der Waals surface area contributed by atoms with E-state index < -0.39 is 0 Å². The highest BCUT2D eigenvalue weighted by Crippen LogP contribution is 2.37. The number of benzene rings is 2. The van der Waals surface area contributed by atoms with Gasteiger partial charge in [-0.1, -0.05) is 34.1 Å². The lowest BCUT2D eigenvalue weighted by Crippen LogP contribution is -2.12. The lowest BCUT2D eigenvalue weighted by molar-refractivity contribution is 0.0920. The fraction of sp³-hybridized carbons (Fsp3) is 0.211. The van der Waals surface area contributed by atoms with Crippen LogP contribution in [0.1, 0.15) is 15.9 Å². The van der Waals surface area contributed by atoms with Gasteiger partial charge in [0.2, 0.25) is 0 Å². The highest BCUT2D eigenvalue weighted by atomic mass is 79.9. The third-order valence-corrected chi connectivity index (χ3v) is 4.01. The van der Waals surface area contributed by atoms with Gasteiger partial charge in [-0.15, -0.1) is 6.58 Å². The van der Waals surface area contributed by atoms with Crippen LogP contribution in [0.15, 0.2) is 53.5 Å². The number of hydrogen-bond acceptors (Lipinski definition) is 4. The van der Waals surface area contributed by atoms with Gasteiger partial charge in [-0.05, 0) is 30.7 Å². The van der Waals surface area contributed by atoms with E-state index in [-0.39, 0.29) is 12.4 Å². The zero-order valence-electron chi connectivity index (χ0n) is 13.7. The molecule has 0 atom stereocenters. The first-order chi connectivity index (χ1) is 11.6. The average molecular weight is 391 g/mol. The maximum absolute atomic E-state index is 12.3. The van der Waals surface area contributed by atoms with Crippen LogP contribution in [0.3, 0.4) is 0 Å². The van der Waals surface area contributed by atoms with Crippen molar-refractivity contribution in [1.82, 2.24) is 0 Å². The summed E-state index contributed by atoms with van der Waals surface area (Å²) in [5, 5.41) is 0. The average Bonchev–Trinajstić information content (AvgIpc) is 2.60. The van der Waals surface area contributed by atoms with Crippen molar-refractivity contribution in [2.75, 3.05) is 20.8 Å². The smallest absolute Gasteiger partial charge is 0.200 e. The van der Waals surface area contributed by atoms with Crippen molar-refractivity contribution < 1.29 is 19.0 Å². The summed E-state index contributed by atoms with van der Waals surface area (Å²) >= 11 is 3.35. The van der Waals surface area contributed by atoms with Gasteiger partial charge in [-0.25, -0.2) is 0 Å². The van der Waals surface area contributed by atoms with E-state index in [9.17, 15) is 4.79 Å². The fourth-order valence-corrected chi connectivity index (χ4v) is 2.57. The first kappa shape index (κ1) is 18.1. The van der Waals surface area contributed by atoms with Crippen LogP contribution in [-0.4, -0.2) is 26.6 Å². The lowest BCUT2D eigenvalue weighted by Gasteiger charge is -2.16. The second-order valence-electron chi connectivity index (χ2n) is 4.99. The Bertz CT molecular complexity index is 723. The molecule has 0 N–H and O–H groups in total. The van der Waals surface area contributed by atoms with Gasteiger partial charge in [0.25, 0.3) is 0 Å². The Kier molecular flexibility index (Phi) is 6.44. The highest BCUT2D eigenvalue weighted by molar-refractivity contribution is 9.10. The van der Waals surface area contributed by atoms with Crippen molar-refractivity contribution >= 4 is 21.7 Å². The second-order valence-corrected chi connectivity index (χ2v) is 5.90. The van der Waals surface area contributed by atoms with E-state index in [0.29, 0.717) is 29.2 Å². The van der Waals surface area contributed by atoms with Crippen LogP contribution in [0.25, 0.3) is 0 Å². The Hall–Kier alpha value is -2.27. The van der Waals surface area contributed by atoms with Crippen LogP contribution in [0.4, 0.5) is 0 Å². The van der Waals surface area contributed by atoms with Crippen LogP contribution in [0.2, 0.25) is 0 Å². The van der Waals surface area contributed by atoms with Crippen LogP contribution in [-0.2, 0) is 6.42 Å². The van der Waals surface area contributed by atoms with E-state index in [0.717, 1.165) is 10.0 Å². The topological polar surface area (TPSA) is 44.8 Å². The minimum atomic E-state index is -0.0955. The van der Waals surface area contributed by atoms with Gasteiger partial charge in [-0.3, -0.25) is 4.79 Å². The van der Waals surface area contributed by atoms with Gasteiger partial charge in [0.05, 0.1) is 14.2 Å². The SMILES string of the molecule is C=CCc1c(OCC(=O)c2ccc(Br)cc2)ccc(OC)c1OC. The molecular formula is C19H19BrO4. The zero-order valence-corrected chi connectivity index (χ0v) is 15.3. The molecule has 0 fully saturated rings. The number of allylic oxidation sites excluding steroid dienone is 1. The number of ether oxygens (including phenoxy) is 3. The number of rotatable bonds is 8. The molecule has 24 heavy (non-hydrogen) atoms. The van der Waals surface area contributed by atoms with Crippen molar-refractivity contribution in [2.45, 2.75) is 6.42 Å². The number of carbonyl (C=O) groups excluding carboxylic acids is 1. The first-order valence-corrected chi connectivity index (χ1v) is 8.16. The van der Waals surface area contributed by atoms with Crippen LogP contribution < -0.4 is 14.2 Å². The van der Waals surface area contributed by atoms with Gasteiger partial charge in [0.15, 0.2) is 23.9 Å². The van der Waals surface area contributed by atoms with Crippen molar-refractivity contribution in [3.05, 3.63) is 64.7 Å². The van der Waals surface area contributed by atoms with Gasteiger partial charge in [0.1, 0.15) is 5.75 Å². The Morgan fingerprint density at radius 2 is 1.75 bits per heavy atom. The van der Waals surface area contributed by atoms with Gasteiger partial charge in [-0.2, -0.15) is 0 Å². The molecule has 0 bridgehead atoms. The Labute approximate surface area is 150 Å². The van der Waals surface area contributed by atoms with Crippen molar-refractivity contribution in [2.24, 2.45) is 0 Å². The third-order valence-electron chi connectivity index (χ3n) is 3.48. The molecule has 0 amide bonds. The zero-order chi connectivity index (χ0) is 17.5.